The first kappa shape index (κ1) is 15.0. The predicted octanol–water partition coefficient (Wildman–Crippen LogP) is 3.70. The lowest BCUT2D eigenvalue weighted by molar-refractivity contribution is 0.0595. The minimum atomic E-state index is -0.380. The number of nitrogens with one attached hydrogen (secondary N) is 1. The first-order valence-corrected chi connectivity index (χ1v) is 7.35. The average molecular weight is 270 g/mol. The maximum absolute atomic E-state index is 11.3. The van der Waals surface area contributed by atoms with Crippen LogP contribution in [0.25, 0.3) is 0 Å². The number of thiazole rings is 1. The highest BCUT2D eigenvalue weighted by Gasteiger charge is 2.11. The van der Waals surface area contributed by atoms with E-state index in [4.69, 9.17) is 0 Å². The Hall–Kier alpha value is -1.10. The molecule has 102 valence electrons. The number of aromatic nitrogens is 1. The Kier molecular flexibility index (Phi) is 6.72. The number of unbranched alkanes of at least 4 members (excludes halogenated alkanes) is 3. The summed E-state index contributed by atoms with van der Waals surface area (Å²) in [7, 11) is 1.37. The zero-order valence-corrected chi connectivity index (χ0v) is 12.2. The number of methoxy groups -OCH3 is 1. The number of carbonyl (C=O) groups excluding carboxylic acids is 1. The SMILES string of the molecule is CCCCCCC(C)Nc1nc(C(=O)OC)cs1. The van der Waals surface area contributed by atoms with Crippen molar-refractivity contribution in [1.82, 2.24) is 4.98 Å². The topological polar surface area (TPSA) is 51.2 Å². The number of hydrogen-bond donors (Lipinski definition) is 1. The predicted molar refractivity (Wildman–Crippen MR) is 75.3 cm³/mol. The molecule has 18 heavy (non-hydrogen) atoms. The van der Waals surface area contributed by atoms with Gasteiger partial charge in [-0.05, 0) is 13.3 Å². The fourth-order valence-corrected chi connectivity index (χ4v) is 2.49. The molecule has 0 radical (unpaired) electrons. The maximum atomic E-state index is 11.3. The summed E-state index contributed by atoms with van der Waals surface area (Å²) < 4.78 is 4.62. The molecule has 1 unspecified atom stereocenters. The maximum Gasteiger partial charge on any atom is 0.357 e. The van der Waals surface area contributed by atoms with Crippen molar-refractivity contribution < 1.29 is 9.53 Å². The van der Waals surface area contributed by atoms with E-state index in [-0.39, 0.29) is 5.97 Å². The molecule has 0 saturated carbocycles. The monoisotopic (exact) mass is 270 g/mol. The molecule has 5 heteroatoms. The van der Waals surface area contributed by atoms with Crippen LogP contribution < -0.4 is 5.32 Å². The molecule has 0 fully saturated rings. The molecule has 0 aliphatic heterocycles. The van der Waals surface area contributed by atoms with Crippen LogP contribution in [0.15, 0.2) is 5.38 Å². The van der Waals surface area contributed by atoms with Crippen LogP contribution in [0, 0.1) is 0 Å². The van der Waals surface area contributed by atoms with Gasteiger partial charge in [0.25, 0.3) is 0 Å². The summed E-state index contributed by atoms with van der Waals surface area (Å²) in [6.07, 6.45) is 6.21. The van der Waals surface area contributed by atoms with Crippen LogP contribution in [0.4, 0.5) is 5.13 Å². The first-order chi connectivity index (χ1) is 8.67. The van der Waals surface area contributed by atoms with E-state index in [0.717, 1.165) is 11.6 Å². The summed E-state index contributed by atoms with van der Waals surface area (Å²) in [5, 5.41) is 5.83. The van der Waals surface area contributed by atoms with Crippen LogP contribution in [0.5, 0.6) is 0 Å². The van der Waals surface area contributed by atoms with Gasteiger partial charge in [0.15, 0.2) is 10.8 Å². The molecule has 0 spiro atoms. The van der Waals surface area contributed by atoms with E-state index in [0.29, 0.717) is 11.7 Å². The van der Waals surface area contributed by atoms with Crippen molar-refractivity contribution in [3.8, 4) is 0 Å². The molecular formula is C13H22N2O2S. The lowest BCUT2D eigenvalue weighted by Crippen LogP contribution is -2.15. The second-order valence-electron chi connectivity index (χ2n) is 4.42. The molecular weight excluding hydrogens is 248 g/mol. The van der Waals surface area contributed by atoms with Gasteiger partial charge >= 0.3 is 5.97 Å². The molecule has 1 aromatic rings. The Morgan fingerprint density at radius 3 is 2.94 bits per heavy atom. The van der Waals surface area contributed by atoms with Gasteiger partial charge in [-0.2, -0.15) is 0 Å². The standard InChI is InChI=1S/C13H22N2O2S/c1-4-5-6-7-8-10(2)14-13-15-11(9-18-13)12(16)17-3/h9-10H,4-8H2,1-3H3,(H,14,15). The molecule has 4 nitrogen and oxygen atoms in total. The van der Waals surface area contributed by atoms with Crippen molar-refractivity contribution in [2.45, 2.75) is 52.0 Å². The summed E-state index contributed by atoms with van der Waals surface area (Å²) in [4.78, 5) is 15.4. The Bertz CT molecular complexity index is 366. The number of hydrogen-bond acceptors (Lipinski definition) is 5. The molecule has 1 atom stereocenters. The number of rotatable bonds is 8. The third-order valence-electron chi connectivity index (χ3n) is 2.76. The van der Waals surface area contributed by atoms with Gasteiger partial charge in [-0.3, -0.25) is 0 Å². The summed E-state index contributed by atoms with van der Waals surface area (Å²) in [5.41, 5.74) is 0.378. The zero-order chi connectivity index (χ0) is 13.4. The van der Waals surface area contributed by atoms with Crippen molar-refractivity contribution in [2.75, 3.05) is 12.4 Å². The second-order valence-corrected chi connectivity index (χ2v) is 5.28. The molecule has 0 aliphatic carbocycles. The number of anilines is 1. The van der Waals surface area contributed by atoms with E-state index in [9.17, 15) is 4.79 Å². The van der Waals surface area contributed by atoms with Crippen molar-refractivity contribution in [3.63, 3.8) is 0 Å². The molecule has 0 amide bonds. The second kappa shape index (κ2) is 8.08. The van der Waals surface area contributed by atoms with Gasteiger partial charge in [-0.1, -0.05) is 32.6 Å². The van der Waals surface area contributed by atoms with Crippen molar-refractivity contribution >= 4 is 22.4 Å². The van der Waals surface area contributed by atoms with Gasteiger partial charge < -0.3 is 10.1 Å². The van der Waals surface area contributed by atoms with Crippen LogP contribution >= 0.6 is 11.3 Å². The summed E-state index contributed by atoms with van der Waals surface area (Å²) in [5.74, 6) is -0.380. The Morgan fingerprint density at radius 1 is 1.50 bits per heavy atom. The van der Waals surface area contributed by atoms with Crippen LogP contribution in [0.2, 0.25) is 0 Å². The van der Waals surface area contributed by atoms with Crippen LogP contribution in [0.1, 0.15) is 56.4 Å². The van der Waals surface area contributed by atoms with E-state index in [1.54, 1.807) is 5.38 Å². The van der Waals surface area contributed by atoms with Gasteiger partial charge in [0.1, 0.15) is 0 Å². The molecule has 1 N–H and O–H groups in total. The highest BCUT2D eigenvalue weighted by atomic mass is 32.1. The highest BCUT2D eigenvalue weighted by Crippen LogP contribution is 2.18. The summed E-state index contributed by atoms with van der Waals surface area (Å²) >= 11 is 1.44. The Labute approximate surface area is 113 Å². The number of nitrogens with zero attached hydrogens (tertiary/aromatic N) is 1. The minimum absolute atomic E-state index is 0.378. The Morgan fingerprint density at radius 2 is 2.28 bits per heavy atom. The van der Waals surface area contributed by atoms with E-state index < -0.39 is 0 Å². The summed E-state index contributed by atoms with van der Waals surface area (Å²) in [6, 6.07) is 0.388. The fourth-order valence-electron chi connectivity index (χ4n) is 1.70. The fraction of sp³-hybridized carbons (Fsp3) is 0.692. The average Bonchev–Trinajstić information content (AvgIpc) is 2.82. The van der Waals surface area contributed by atoms with Gasteiger partial charge in [0.2, 0.25) is 0 Å². The molecule has 1 heterocycles. The lowest BCUT2D eigenvalue weighted by Gasteiger charge is -2.12. The largest absolute Gasteiger partial charge is 0.464 e. The highest BCUT2D eigenvalue weighted by molar-refractivity contribution is 7.13. The number of carbonyl (C=O) groups is 1. The quantitative estimate of drug-likeness (QED) is 0.578. The molecule has 0 aliphatic rings. The molecule has 1 rings (SSSR count). The normalized spacial score (nSPS) is 12.2. The van der Waals surface area contributed by atoms with Crippen molar-refractivity contribution in [2.24, 2.45) is 0 Å². The van der Waals surface area contributed by atoms with Gasteiger partial charge in [0.05, 0.1) is 7.11 Å². The minimum Gasteiger partial charge on any atom is -0.464 e. The molecule has 1 aromatic heterocycles. The van der Waals surface area contributed by atoms with E-state index in [2.05, 4.69) is 28.9 Å². The molecule has 0 aromatic carbocycles. The molecule has 0 saturated heterocycles. The third-order valence-corrected chi connectivity index (χ3v) is 3.53. The third kappa shape index (κ3) is 5.04. The van der Waals surface area contributed by atoms with Gasteiger partial charge in [0, 0.05) is 11.4 Å². The van der Waals surface area contributed by atoms with Gasteiger partial charge in [-0.25, -0.2) is 9.78 Å². The first-order valence-electron chi connectivity index (χ1n) is 6.47. The van der Waals surface area contributed by atoms with E-state index in [1.807, 2.05) is 0 Å². The lowest BCUT2D eigenvalue weighted by atomic mass is 10.1. The smallest absolute Gasteiger partial charge is 0.357 e. The van der Waals surface area contributed by atoms with Crippen LogP contribution in [-0.2, 0) is 4.74 Å². The molecule has 0 bridgehead atoms. The van der Waals surface area contributed by atoms with E-state index in [1.165, 1.54) is 44.1 Å². The van der Waals surface area contributed by atoms with Gasteiger partial charge in [-0.15, -0.1) is 11.3 Å². The van der Waals surface area contributed by atoms with Crippen LogP contribution in [-0.4, -0.2) is 24.1 Å². The van der Waals surface area contributed by atoms with Crippen LogP contribution in [0.3, 0.4) is 0 Å². The van der Waals surface area contributed by atoms with Crippen molar-refractivity contribution in [3.05, 3.63) is 11.1 Å². The Balaban J connectivity index is 2.33. The van der Waals surface area contributed by atoms with E-state index >= 15 is 0 Å². The van der Waals surface area contributed by atoms with Crippen molar-refractivity contribution in [1.29, 1.82) is 0 Å². The zero-order valence-electron chi connectivity index (χ0n) is 11.4. The number of ether oxygens (including phenoxy) is 1. The summed E-state index contributed by atoms with van der Waals surface area (Å²) in [6.45, 7) is 4.36. The number of esters is 1.